The molecule has 1 aromatic rings. The molecule has 0 saturated carbocycles. The number of rotatable bonds is 2. The van der Waals surface area contributed by atoms with Crippen LogP contribution in [0.4, 0.5) is 0 Å². The fraction of sp³-hybridized carbons (Fsp3) is 0.667. The van der Waals surface area contributed by atoms with Crippen molar-refractivity contribution in [2.24, 2.45) is 0 Å². The molecule has 0 bridgehead atoms. The molecule has 1 atom stereocenters. The quantitative estimate of drug-likeness (QED) is 0.671. The summed E-state index contributed by atoms with van der Waals surface area (Å²) in [7, 11) is 0. The molecule has 76 valence electrons. The van der Waals surface area contributed by atoms with Gasteiger partial charge in [0.05, 0.1) is 0 Å². The van der Waals surface area contributed by atoms with Gasteiger partial charge in [-0.15, -0.1) is 0 Å². The molecule has 1 aromatic heterocycles. The first-order valence-corrected chi connectivity index (χ1v) is 4.73. The van der Waals surface area contributed by atoms with E-state index in [2.05, 4.69) is 10.1 Å². The minimum absolute atomic E-state index is 0.0640. The molecule has 1 fully saturated rings. The zero-order valence-corrected chi connectivity index (χ0v) is 8.02. The van der Waals surface area contributed by atoms with Crippen LogP contribution in [0.1, 0.15) is 48.8 Å². The number of aromatic nitrogens is 2. The van der Waals surface area contributed by atoms with Crippen molar-refractivity contribution in [2.75, 3.05) is 6.61 Å². The summed E-state index contributed by atoms with van der Waals surface area (Å²) in [5, 5.41) is 3.73. The first-order valence-electron chi connectivity index (χ1n) is 4.73. The van der Waals surface area contributed by atoms with Gasteiger partial charge in [0.25, 0.3) is 5.89 Å². The summed E-state index contributed by atoms with van der Waals surface area (Å²) >= 11 is 0. The van der Waals surface area contributed by atoms with Gasteiger partial charge in [0.2, 0.25) is 11.6 Å². The van der Waals surface area contributed by atoms with Gasteiger partial charge in [-0.3, -0.25) is 4.79 Å². The molecule has 1 saturated heterocycles. The zero-order chi connectivity index (χ0) is 9.97. The monoisotopic (exact) mass is 196 g/mol. The van der Waals surface area contributed by atoms with E-state index in [1.165, 1.54) is 6.92 Å². The smallest absolute Gasteiger partial charge is 0.293 e. The average molecular weight is 196 g/mol. The van der Waals surface area contributed by atoms with E-state index >= 15 is 0 Å². The number of Topliss-reactive ketones (excluding diaryl/α,β-unsaturated/α-hetero) is 1. The lowest BCUT2D eigenvalue weighted by molar-refractivity contribution is 0.00821. The Bertz CT molecular complexity index is 329. The minimum Gasteiger partial charge on any atom is -0.370 e. The highest BCUT2D eigenvalue weighted by molar-refractivity contribution is 5.89. The van der Waals surface area contributed by atoms with Crippen molar-refractivity contribution in [3.05, 3.63) is 11.7 Å². The number of ketones is 1. The van der Waals surface area contributed by atoms with Gasteiger partial charge in [-0.2, -0.15) is 4.98 Å². The average Bonchev–Trinajstić information content (AvgIpc) is 2.68. The molecule has 0 aromatic carbocycles. The van der Waals surface area contributed by atoms with Gasteiger partial charge in [-0.1, -0.05) is 5.16 Å². The number of hydrogen-bond acceptors (Lipinski definition) is 5. The maximum atomic E-state index is 10.9. The molecular weight excluding hydrogens is 184 g/mol. The molecule has 0 radical (unpaired) electrons. The number of carbonyl (C=O) groups excluding carboxylic acids is 1. The summed E-state index contributed by atoms with van der Waals surface area (Å²) < 4.78 is 10.2. The van der Waals surface area contributed by atoms with Gasteiger partial charge in [0, 0.05) is 13.5 Å². The van der Waals surface area contributed by atoms with Crippen LogP contribution in [0, 0.1) is 0 Å². The predicted molar refractivity (Wildman–Crippen MR) is 46.8 cm³/mol. The van der Waals surface area contributed by atoms with Crippen LogP contribution in [-0.2, 0) is 4.74 Å². The molecule has 0 N–H and O–H groups in total. The SMILES string of the molecule is CC(=O)c1nc(C2CCCCO2)no1. The Morgan fingerprint density at radius 1 is 1.50 bits per heavy atom. The number of carbonyl (C=O) groups is 1. The van der Waals surface area contributed by atoms with E-state index in [1.54, 1.807) is 0 Å². The summed E-state index contributed by atoms with van der Waals surface area (Å²) in [6, 6.07) is 0. The van der Waals surface area contributed by atoms with Crippen LogP contribution in [0.5, 0.6) is 0 Å². The van der Waals surface area contributed by atoms with E-state index in [4.69, 9.17) is 9.26 Å². The molecule has 0 amide bonds. The van der Waals surface area contributed by atoms with Crippen LogP contribution in [-0.4, -0.2) is 22.5 Å². The first kappa shape index (κ1) is 9.33. The molecule has 5 heteroatoms. The maximum absolute atomic E-state index is 10.9. The van der Waals surface area contributed by atoms with Crippen molar-refractivity contribution >= 4 is 5.78 Å². The third-order valence-corrected chi connectivity index (χ3v) is 2.21. The van der Waals surface area contributed by atoms with Crippen LogP contribution >= 0.6 is 0 Å². The van der Waals surface area contributed by atoms with Gasteiger partial charge < -0.3 is 9.26 Å². The molecule has 1 aliphatic heterocycles. The lowest BCUT2D eigenvalue weighted by Crippen LogP contribution is -2.12. The van der Waals surface area contributed by atoms with E-state index < -0.39 is 0 Å². The second-order valence-corrected chi connectivity index (χ2v) is 3.37. The highest BCUT2D eigenvalue weighted by atomic mass is 16.5. The van der Waals surface area contributed by atoms with E-state index in [-0.39, 0.29) is 17.8 Å². The molecule has 5 nitrogen and oxygen atoms in total. The fourth-order valence-electron chi connectivity index (χ4n) is 1.45. The Kier molecular flexibility index (Phi) is 2.58. The molecule has 2 heterocycles. The second kappa shape index (κ2) is 3.88. The minimum atomic E-state index is -0.209. The summed E-state index contributed by atoms with van der Waals surface area (Å²) in [5.74, 6) is 0.351. The van der Waals surface area contributed by atoms with E-state index in [0.717, 1.165) is 25.9 Å². The van der Waals surface area contributed by atoms with Gasteiger partial charge >= 0.3 is 0 Å². The molecule has 2 rings (SSSR count). The van der Waals surface area contributed by atoms with Crippen LogP contribution in [0.25, 0.3) is 0 Å². The van der Waals surface area contributed by atoms with Gasteiger partial charge in [0.15, 0.2) is 0 Å². The number of ether oxygens (including phenoxy) is 1. The van der Waals surface area contributed by atoms with Crippen molar-refractivity contribution < 1.29 is 14.1 Å². The Balaban J connectivity index is 2.11. The Labute approximate surface area is 81.4 Å². The largest absolute Gasteiger partial charge is 0.370 e. The summed E-state index contributed by atoms with van der Waals surface area (Å²) in [6.45, 7) is 2.13. The third-order valence-electron chi connectivity index (χ3n) is 2.21. The van der Waals surface area contributed by atoms with Gasteiger partial charge in [-0.25, -0.2) is 0 Å². The Morgan fingerprint density at radius 2 is 2.36 bits per heavy atom. The van der Waals surface area contributed by atoms with Crippen LogP contribution in [0.15, 0.2) is 4.52 Å². The van der Waals surface area contributed by atoms with Gasteiger partial charge in [0.1, 0.15) is 6.10 Å². The summed E-state index contributed by atoms with van der Waals surface area (Å²) in [6.07, 6.45) is 2.99. The van der Waals surface area contributed by atoms with Crippen molar-refractivity contribution in [3.8, 4) is 0 Å². The predicted octanol–water partition coefficient (Wildman–Crippen LogP) is 1.51. The number of hydrogen-bond donors (Lipinski definition) is 0. The standard InChI is InChI=1S/C9H12N2O3/c1-6(12)9-10-8(11-14-9)7-4-2-3-5-13-7/h7H,2-5H2,1H3. The normalized spacial score (nSPS) is 22.2. The van der Waals surface area contributed by atoms with E-state index in [0.29, 0.717) is 5.82 Å². The number of nitrogens with zero attached hydrogens (tertiary/aromatic N) is 2. The van der Waals surface area contributed by atoms with Crippen molar-refractivity contribution in [1.29, 1.82) is 0 Å². The zero-order valence-electron chi connectivity index (χ0n) is 8.02. The highest BCUT2D eigenvalue weighted by Crippen LogP contribution is 2.25. The van der Waals surface area contributed by atoms with Crippen LogP contribution in [0.3, 0.4) is 0 Å². The van der Waals surface area contributed by atoms with Gasteiger partial charge in [-0.05, 0) is 19.3 Å². The Morgan fingerprint density at radius 3 is 2.93 bits per heavy atom. The second-order valence-electron chi connectivity index (χ2n) is 3.37. The molecule has 14 heavy (non-hydrogen) atoms. The van der Waals surface area contributed by atoms with Crippen molar-refractivity contribution in [1.82, 2.24) is 10.1 Å². The van der Waals surface area contributed by atoms with Crippen LogP contribution < -0.4 is 0 Å². The third kappa shape index (κ3) is 1.82. The molecular formula is C9H12N2O3. The summed E-state index contributed by atoms with van der Waals surface area (Å²) in [4.78, 5) is 14.9. The van der Waals surface area contributed by atoms with Crippen molar-refractivity contribution in [3.63, 3.8) is 0 Å². The topological polar surface area (TPSA) is 65.2 Å². The highest BCUT2D eigenvalue weighted by Gasteiger charge is 2.22. The molecule has 1 unspecified atom stereocenters. The lowest BCUT2D eigenvalue weighted by Gasteiger charge is -2.18. The molecule has 1 aliphatic rings. The first-order chi connectivity index (χ1) is 6.77. The fourth-order valence-corrected chi connectivity index (χ4v) is 1.45. The van der Waals surface area contributed by atoms with Crippen LogP contribution in [0.2, 0.25) is 0 Å². The molecule has 0 spiro atoms. The molecule has 0 aliphatic carbocycles. The van der Waals surface area contributed by atoms with E-state index in [9.17, 15) is 4.79 Å². The van der Waals surface area contributed by atoms with E-state index in [1.807, 2.05) is 0 Å². The summed E-state index contributed by atoms with van der Waals surface area (Å²) in [5.41, 5.74) is 0. The lowest BCUT2D eigenvalue weighted by atomic mass is 10.1. The Hall–Kier alpha value is -1.23. The maximum Gasteiger partial charge on any atom is 0.293 e. The van der Waals surface area contributed by atoms with Crippen molar-refractivity contribution in [2.45, 2.75) is 32.3 Å².